The molecule has 2 aliphatic rings. The minimum absolute atomic E-state index is 0.0288. The molecule has 5 nitrogen and oxygen atoms in total. The van der Waals surface area contributed by atoms with Gasteiger partial charge in [0, 0.05) is 30.5 Å². The fourth-order valence-electron chi connectivity index (χ4n) is 2.84. The van der Waals surface area contributed by atoms with Crippen molar-refractivity contribution in [1.29, 1.82) is 0 Å². The highest BCUT2D eigenvalue weighted by Crippen LogP contribution is 2.44. The number of rotatable bonds is 4. The van der Waals surface area contributed by atoms with Crippen LogP contribution < -0.4 is 5.32 Å². The number of nitrogens with zero attached hydrogens (tertiary/aromatic N) is 1. The fraction of sp³-hybridized carbons (Fsp3) is 0.875. The van der Waals surface area contributed by atoms with Crippen LogP contribution in [0, 0.1) is 16.7 Å². The summed E-state index contributed by atoms with van der Waals surface area (Å²) in [7, 11) is 0. The van der Waals surface area contributed by atoms with Crippen LogP contribution >= 0.6 is 0 Å². The predicted octanol–water partition coefficient (Wildman–Crippen LogP) is 1.16. The number of aliphatic hydroxyl groups is 1. The lowest BCUT2D eigenvalue weighted by Crippen LogP contribution is -2.49. The van der Waals surface area contributed by atoms with Gasteiger partial charge in [-0.1, -0.05) is 20.8 Å². The fourth-order valence-corrected chi connectivity index (χ4v) is 2.84. The number of aliphatic hydroxyl groups excluding tert-OH is 1. The maximum Gasteiger partial charge on any atom is 0.227 e. The molecule has 1 aliphatic carbocycles. The molecule has 1 atom stereocenters. The Bertz CT molecular complexity index is 410. The van der Waals surface area contributed by atoms with Crippen LogP contribution in [0.2, 0.25) is 0 Å². The van der Waals surface area contributed by atoms with E-state index in [-0.39, 0.29) is 29.8 Å². The summed E-state index contributed by atoms with van der Waals surface area (Å²) >= 11 is 0. The van der Waals surface area contributed by atoms with Crippen LogP contribution in [0.1, 0.15) is 46.5 Å². The molecule has 1 saturated carbocycles. The lowest BCUT2D eigenvalue weighted by Gasteiger charge is -2.36. The normalized spacial score (nSPS) is 24.6. The summed E-state index contributed by atoms with van der Waals surface area (Å²) in [6, 6.07) is 0. The maximum atomic E-state index is 12.3. The van der Waals surface area contributed by atoms with Crippen LogP contribution in [0.5, 0.6) is 0 Å². The summed E-state index contributed by atoms with van der Waals surface area (Å²) in [4.78, 5) is 26.4. The van der Waals surface area contributed by atoms with E-state index in [1.807, 2.05) is 25.7 Å². The van der Waals surface area contributed by atoms with Crippen LogP contribution in [0.15, 0.2) is 0 Å². The van der Waals surface area contributed by atoms with Crippen LogP contribution in [-0.2, 0) is 9.59 Å². The van der Waals surface area contributed by atoms with Crippen molar-refractivity contribution in [2.75, 3.05) is 26.2 Å². The van der Waals surface area contributed by atoms with Crippen molar-refractivity contribution in [2.45, 2.75) is 46.5 Å². The molecule has 2 fully saturated rings. The zero-order valence-electron chi connectivity index (χ0n) is 13.4. The number of carbonyl (C=O) groups excluding carboxylic acids is 2. The average Bonchev–Trinajstić information content (AvgIpc) is 3.24. The van der Waals surface area contributed by atoms with Crippen LogP contribution in [0.3, 0.4) is 0 Å². The summed E-state index contributed by atoms with van der Waals surface area (Å²) < 4.78 is 0. The molecule has 5 heteroatoms. The molecule has 21 heavy (non-hydrogen) atoms. The maximum absolute atomic E-state index is 12.3. The minimum Gasteiger partial charge on any atom is -0.396 e. The third kappa shape index (κ3) is 3.96. The van der Waals surface area contributed by atoms with Gasteiger partial charge in [-0.3, -0.25) is 9.59 Å². The van der Waals surface area contributed by atoms with Gasteiger partial charge in [-0.25, -0.2) is 0 Å². The third-order valence-corrected chi connectivity index (χ3v) is 4.65. The number of carbonyl (C=O) groups is 2. The van der Waals surface area contributed by atoms with Crippen LogP contribution in [0.4, 0.5) is 0 Å². The molecule has 120 valence electrons. The Labute approximate surface area is 127 Å². The highest BCUT2D eigenvalue weighted by Gasteiger charge is 2.42. The van der Waals surface area contributed by atoms with Crippen LogP contribution in [-0.4, -0.2) is 48.1 Å². The second kappa shape index (κ2) is 5.95. The predicted molar refractivity (Wildman–Crippen MR) is 80.5 cm³/mol. The molecule has 2 amide bonds. The molecule has 2 rings (SSSR count). The molecule has 2 N–H and O–H groups in total. The Kier molecular flexibility index (Phi) is 4.61. The Hall–Kier alpha value is -1.10. The molecule has 0 aromatic carbocycles. The molecule has 0 spiro atoms. The lowest BCUT2D eigenvalue weighted by molar-refractivity contribution is -0.142. The monoisotopic (exact) mass is 296 g/mol. The molecule has 0 aromatic heterocycles. The summed E-state index contributed by atoms with van der Waals surface area (Å²) in [5.74, 6) is 0.0368. The largest absolute Gasteiger partial charge is 0.396 e. The van der Waals surface area contributed by atoms with Gasteiger partial charge in [-0.2, -0.15) is 0 Å². The van der Waals surface area contributed by atoms with Crippen molar-refractivity contribution in [1.82, 2.24) is 10.2 Å². The molecule has 1 heterocycles. The first-order valence-electron chi connectivity index (χ1n) is 7.95. The number of nitrogens with one attached hydrogen (secondary N) is 1. The number of hydrogen-bond acceptors (Lipinski definition) is 3. The molecule has 1 aliphatic heterocycles. The topological polar surface area (TPSA) is 69.6 Å². The lowest BCUT2D eigenvalue weighted by atomic mass is 9.91. The Morgan fingerprint density at radius 1 is 1.33 bits per heavy atom. The van der Waals surface area contributed by atoms with Gasteiger partial charge in [-0.05, 0) is 25.7 Å². The second-order valence-corrected chi connectivity index (χ2v) is 7.72. The van der Waals surface area contributed by atoms with E-state index in [0.29, 0.717) is 13.1 Å². The molecule has 0 aromatic rings. The van der Waals surface area contributed by atoms with Gasteiger partial charge in [0.25, 0.3) is 0 Å². The van der Waals surface area contributed by atoms with Crippen molar-refractivity contribution >= 4 is 11.8 Å². The van der Waals surface area contributed by atoms with E-state index in [4.69, 9.17) is 0 Å². The smallest absolute Gasteiger partial charge is 0.227 e. The van der Waals surface area contributed by atoms with E-state index in [9.17, 15) is 14.7 Å². The van der Waals surface area contributed by atoms with E-state index in [1.165, 1.54) is 0 Å². The first kappa shape index (κ1) is 16.3. The average molecular weight is 296 g/mol. The number of hydrogen-bond donors (Lipinski definition) is 2. The van der Waals surface area contributed by atoms with E-state index >= 15 is 0 Å². The van der Waals surface area contributed by atoms with E-state index in [0.717, 1.165) is 32.2 Å². The first-order chi connectivity index (χ1) is 9.77. The summed E-state index contributed by atoms with van der Waals surface area (Å²) in [5, 5.41) is 12.2. The summed E-state index contributed by atoms with van der Waals surface area (Å²) in [6.45, 7) is 7.72. The summed E-state index contributed by atoms with van der Waals surface area (Å²) in [5.41, 5.74) is -0.460. The second-order valence-electron chi connectivity index (χ2n) is 7.72. The number of amides is 2. The molecule has 1 saturated heterocycles. The van der Waals surface area contributed by atoms with Gasteiger partial charge >= 0.3 is 0 Å². The number of piperidine rings is 1. The van der Waals surface area contributed by atoms with Crippen molar-refractivity contribution < 1.29 is 14.7 Å². The zero-order chi connectivity index (χ0) is 15.7. The van der Waals surface area contributed by atoms with E-state index in [1.54, 1.807) is 0 Å². The Morgan fingerprint density at radius 3 is 2.52 bits per heavy atom. The van der Waals surface area contributed by atoms with Gasteiger partial charge in [0.15, 0.2) is 0 Å². The highest BCUT2D eigenvalue weighted by molar-refractivity contribution is 5.83. The Balaban J connectivity index is 1.85. The van der Waals surface area contributed by atoms with Gasteiger partial charge in [0.1, 0.15) is 0 Å². The molecule has 0 unspecified atom stereocenters. The SMILES string of the molecule is CC(C)(C)C(=O)N1CCC[C@@H](C(=O)NCC2(CO)CC2)C1. The van der Waals surface area contributed by atoms with Crippen molar-refractivity contribution in [3.8, 4) is 0 Å². The van der Waals surface area contributed by atoms with Crippen LogP contribution in [0.25, 0.3) is 0 Å². The zero-order valence-corrected chi connectivity index (χ0v) is 13.4. The standard InChI is InChI=1S/C16H28N2O3/c1-15(2,3)14(21)18-8-4-5-12(9-18)13(20)17-10-16(11-19)6-7-16/h12,19H,4-11H2,1-3H3,(H,17,20)/t12-/m1/s1. The molecule has 0 bridgehead atoms. The highest BCUT2D eigenvalue weighted by atomic mass is 16.3. The van der Waals surface area contributed by atoms with Gasteiger partial charge in [0.2, 0.25) is 11.8 Å². The quantitative estimate of drug-likeness (QED) is 0.818. The van der Waals surface area contributed by atoms with E-state index < -0.39 is 5.41 Å². The van der Waals surface area contributed by atoms with Gasteiger partial charge < -0.3 is 15.3 Å². The first-order valence-corrected chi connectivity index (χ1v) is 7.95. The van der Waals surface area contributed by atoms with Gasteiger partial charge in [-0.15, -0.1) is 0 Å². The van der Waals surface area contributed by atoms with Crippen molar-refractivity contribution in [3.63, 3.8) is 0 Å². The van der Waals surface area contributed by atoms with Gasteiger partial charge in [0.05, 0.1) is 12.5 Å². The molecular formula is C16H28N2O3. The minimum atomic E-state index is -0.396. The number of likely N-dealkylation sites (tertiary alicyclic amines) is 1. The molecule has 0 radical (unpaired) electrons. The van der Waals surface area contributed by atoms with Crippen molar-refractivity contribution in [3.05, 3.63) is 0 Å². The summed E-state index contributed by atoms with van der Waals surface area (Å²) in [6.07, 6.45) is 3.70. The van der Waals surface area contributed by atoms with E-state index in [2.05, 4.69) is 5.32 Å². The Morgan fingerprint density at radius 2 is 2.00 bits per heavy atom. The molecular weight excluding hydrogens is 268 g/mol. The third-order valence-electron chi connectivity index (χ3n) is 4.65. The van der Waals surface area contributed by atoms with Crippen molar-refractivity contribution in [2.24, 2.45) is 16.7 Å².